The molecule has 2 aliphatic heterocycles. The lowest BCUT2D eigenvalue weighted by atomic mass is 10.1. The number of nitrogens with zero attached hydrogens (tertiary/aromatic N) is 1. The molecule has 2 fully saturated rings. The first-order chi connectivity index (χ1) is 8.70. The van der Waals surface area contributed by atoms with Gasteiger partial charge in [-0.25, -0.2) is 0 Å². The molecule has 0 spiro atoms. The molecule has 4 nitrogen and oxygen atoms in total. The van der Waals surface area contributed by atoms with Crippen LogP contribution in [0.1, 0.15) is 32.6 Å². The molecule has 104 valence electrons. The third kappa shape index (κ3) is 3.68. The van der Waals surface area contributed by atoms with Gasteiger partial charge in [-0.3, -0.25) is 4.79 Å². The summed E-state index contributed by atoms with van der Waals surface area (Å²) in [5.74, 6) is 0.179. The van der Waals surface area contributed by atoms with Crippen LogP contribution in [0, 0.1) is 0 Å². The first-order valence-corrected chi connectivity index (χ1v) is 7.94. The maximum Gasteiger partial charge on any atom is 0.251 e. The van der Waals surface area contributed by atoms with Crippen LogP contribution in [-0.4, -0.2) is 54.1 Å². The minimum Gasteiger partial charge on any atom is -0.377 e. The van der Waals surface area contributed by atoms with Crippen LogP contribution in [0.25, 0.3) is 0 Å². The fourth-order valence-electron chi connectivity index (χ4n) is 2.64. The zero-order valence-electron chi connectivity index (χ0n) is 10.9. The largest absolute Gasteiger partial charge is 0.377 e. The molecule has 0 radical (unpaired) electrons. The van der Waals surface area contributed by atoms with E-state index < -0.39 is 0 Å². The molecule has 0 bridgehead atoms. The lowest BCUT2D eigenvalue weighted by Crippen LogP contribution is -2.45. The number of piperidine rings is 1. The molecule has 0 aromatic rings. The van der Waals surface area contributed by atoms with Gasteiger partial charge in [0.15, 0.2) is 0 Å². The van der Waals surface area contributed by atoms with Gasteiger partial charge in [0.1, 0.15) is 6.10 Å². The van der Waals surface area contributed by atoms with Crippen molar-refractivity contribution >= 4 is 21.8 Å². The lowest BCUT2D eigenvalue weighted by Gasteiger charge is -2.33. The Balaban J connectivity index is 1.73. The van der Waals surface area contributed by atoms with Gasteiger partial charge in [0.25, 0.3) is 5.91 Å². The van der Waals surface area contributed by atoms with E-state index in [-0.39, 0.29) is 18.1 Å². The smallest absolute Gasteiger partial charge is 0.251 e. The Kier molecular flexibility index (Phi) is 5.45. The van der Waals surface area contributed by atoms with Gasteiger partial charge in [-0.2, -0.15) is 0 Å². The van der Waals surface area contributed by atoms with Crippen LogP contribution in [0.5, 0.6) is 0 Å². The van der Waals surface area contributed by atoms with Crippen molar-refractivity contribution in [2.45, 2.75) is 50.9 Å². The predicted octanol–water partition coefficient (Wildman–Crippen LogP) is 1.96. The number of amides is 1. The highest BCUT2D eigenvalue weighted by atomic mass is 79.9. The van der Waals surface area contributed by atoms with E-state index >= 15 is 0 Å². The Morgan fingerprint density at radius 1 is 1.33 bits per heavy atom. The third-order valence-corrected chi connectivity index (χ3v) is 4.02. The van der Waals surface area contributed by atoms with Gasteiger partial charge in [-0.05, 0) is 32.6 Å². The second-order valence-electron chi connectivity index (χ2n) is 5.10. The Morgan fingerprint density at radius 2 is 2.06 bits per heavy atom. The average molecular weight is 320 g/mol. The molecule has 0 N–H and O–H groups in total. The summed E-state index contributed by atoms with van der Waals surface area (Å²) in [5.41, 5.74) is 0. The number of ether oxygens (including phenoxy) is 2. The number of rotatable bonds is 4. The molecule has 2 saturated heterocycles. The summed E-state index contributed by atoms with van der Waals surface area (Å²) in [6.07, 6.45) is 4.12. The topological polar surface area (TPSA) is 38.8 Å². The molecule has 2 atom stereocenters. The van der Waals surface area contributed by atoms with Crippen molar-refractivity contribution in [1.29, 1.82) is 0 Å². The van der Waals surface area contributed by atoms with Crippen LogP contribution in [0.2, 0.25) is 0 Å². The van der Waals surface area contributed by atoms with E-state index in [1.807, 2.05) is 11.8 Å². The SMILES string of the molecule is CC1CCC(C(=O)N2CCC(OCCBr)CC2)O1. The fourth-order valence-corrected chi connectivity index (χ4v) is 2.83. The van der Waals surface area contributed by atoms with Crippen LogP contribution < -0.4 is 0 Å². The fraction of sp³-hybridized carbons (Fsp3) is 0.923. The Labute approximate surface area is 117 Å². The van der Waals surface area contributed by atoms with Crippen LogP contribution in [0.15, 0.2) is 0 Å². The Morgan fingerprint density at radius 3 is 2.61 bits per heavy atom. The van der Waals surface area contributed by atoms with Crippen molar-refractivity contribution in [1.82, 2.24) is 4.90 Å². The molecule has 5 heteroatoms. The summed E-state index contributed by atoms with van der Waals surface area (Å²) in [6.45, 7) is 4.40. The summed E-state index contributed by atoms with van der Waals surface area (Å²) in [5, 5.41) is 0.875. The second kappa shape index (κ2) is 6.87. The molecule has 0 aliphatic carbocycles. The van der Waals surface area contributed by atoms with Crippen molar-refractivity contribution in [3.63, 3.8) is 0 Å². The lowest BCUT2D eigenvalue weighted by molar-refractivity contribution is -0.145. The van der Waals surface area contributed by atoms with Gasteiger partial charge >= 0.3 is 0 Å². The number of hydrogen-bond acceptors (Lipinski definition) is 3. The standard InChI is InChI=1S/C13H22BrNO3/c1-10-2-3-12(18-10)13(16)15-7-4-11(5-8-15)17-9-6-14/h10-12H,2-9H2,1H3. The number of carbonyl (C=O) groups is 1. The summed E-state index contributed by atoms with van der Waals surface area (Å²) in [7, 11) is 0. The number of carbonyl (C=O) groups excluding carboxylic acids is 1. The van der Waals surface area contributed by atoms with E-state index in [1.165, 1.54) is 0 Å². The van der Waals surface area contributed by atoms with Gasteiger partial charge in [-0.15, -0.1) is 0 Å². The van der Waals surface area contributed by atoms with Crippen molar-refractivity contribution in [2.24, 2.45) is 0 Å². The molecule has 2 aliphatic rings. The predicted molar refractivity (Wildman–Crippen MR) is 72.9 cm³/mol. The van der Waals surface area contributed by atoms with Gasteiger partial charge in [0.2, 0.25) is 0 Å². The third-order valence-electron chi connectivity index (χ3n) is 3.69. The van der Waals surface area contributed by atoms with E-state index in [0.29, 0.717) is 6.10 Å². The van der Waals surface area contributed by atoms with E-state index in [9.17, 15) is 4.79 Å². The number of halogens is 1. The Hall–Kier alpha value is -0.130. The second-order valence-corrected chi connectivity index (χ2v) is 5.89. The van der Waals surface area contributed by atoms with Crippen molar-refractivity contribution in [2.75, 3.05) is 25.0 Å². The van der Waals surface area contributed by atoms with Gasteiger partial charge < -0.3 is 14.4 Å². The average Bonchev–Trinajstić information content (AvgIpc) is 2.83. The highest BCUT2D eigenvalue weighted by molar-refractivity contribution is 9.09. The molecule has 2 unspecified atom stereocenters. The summed E-state index contributed by atoms with van der Waals surface area (Å²) in [6, 6.07) is 0. The highest BCUT2D eigenvalue weighted by Crippen LogP contribution is 2.23. The normalized spacial score (nSPS) is 29.8. The van der Waals surface area contributed by atoms with Crippen molar-refractivity contribution < 1.29 is 14.3 Å². The molecule has 18 heavy (non-hydrogen) atoms. The van der Waals surface area contributed by atoms with Gasteiger partial charge in [0, 0.05) is 18.4 Å². The first-order valence-electron chi connectivity index (χ1n) is 6.82. The minimum atomic E-state index is -0.194. The Bertz CT molecular complexity index is 279. The summed E-state index contributed by atoms with van der Waals surface area (Å²) < 4.78 is 11.3. The molecule has 2 heterocycles. The summed E-state index contributed by atoms with van der Waals surface area (Å²) >= 11 is 3.36. The molecule has 2 rings (SSSR count). The molecule has 1 amide bonds. The molecule has 0 aromatic carbocycles. The van der Waals surface area contributed by atoms with E-state index in [1.54, 1.807) is 0 Å². The summed E-state index contributed by atoms with van der Waals surface area (Å²) in [4.78, 5) is 14.2. The molecule has 0 aromatic heterocycles. The van der Waals surface area contributed by atoms with Crippen molar-refractivity contribution in [3.05, 3.63) is 0 Å². The monoisotopic (exact) mass is 319 g/mol. The molecular formula is C13H22BrNO3. The van der Waals surface area contributed by atoms with Gasteiger partial charge in [-0.1, -0.05) is 15.9 Å². The number of hydrogen-bond donors (Lipinski definition) is 0. The first kappa shape index (κ1) is 14.3. The number of likely N-dealkylation sites (tertiary alicyclic amines) is 1. The van der Waals surface area contributed by atoms with Crippen LogP contribution in [0.3, 0.4) is 0 Å². The van der Waals surface area contributed by atoms with Crippen LogP contribution in [0.4, 0.5) is 0 Å². The van der Waals surface area contributed by atoms with E-state index in [4.69, 9.17) is 9.47 Å². The zero-order valence-corrected chi connectivity index (χ0v) is 12.5. The van der Waals surface area contributed by atoms with Crippen LogP contribution >= 0.6 is 15.9 Å². The van der Waals surface area contributed by atoms with Gasteiger partial charge in [0.05, 0.1) is 18.8 Å². The zero-order chi connectivity index (χ0) is 13.0. The number of alkyl halides is 1. The maximum atomic E-state index is 12.2. The molecule has 0 saturated carbocycles. The van der Waals surface area contributed by atoms with E-state index in [2.05, 4.69) is 15.9 Å². The minimum absolute atomic E-state index is 0.179. The van der Waals surface area contributed by atoms with Crippen molar-refractivity contribution in [3.8, 4) is 0 Å². The highest BCUT2D eigenvalue weighted by Gasteiger charge is 2.33. The van der Waals surface area contributed by atoms with Crippen LogP contribution in [-0.2, 0) is 14.3 Å². The quantitative estimate of drug-likeness (QED) is 0.743. The maximum absolute atomic E-state index is 12.2. The van der Waals surface area contributed by atoms with E-state index in [0.717, 1.165) is 50.7 Å². The molecular weight excluding hydrogens is 298 g/mol.